The summed E-state index contributed by atoms with van der Waals surface area (Å²) in [6, 6.07) is 14.0. The molecule has 0 saturated carbocycles. The summed E-state index contributed by atoms with van der Waals surface area (Å²) in [5.74, 6) is -0.331. The van der Waals surface area contributed by atoms with Crippen molar-refractivity contribution in [2.45, 2.75) is 32.9 Å². The average molecular weight is 427 g/mol. The van der Waals surface area contributed by atoms with Crippen molar-refractivity contribution in [2.75, 3.05) is 10.6 Å². The van der Waals surface area contributed by atoms with Crippen LogP contribution in [0.15, 0.2) is 67.3 Å². The largest absolute Gasteiger partial charge is 0.350 e. The normalized spacial score (nSPS) is 12.4. The maximum Gasteiger partial charge on any atom is 0.244 e. The number of aryl methyl sites for hydroxylation is 1. The molecule has 8 heteroatoms. The second-order valence-corrected chi connectivity index (χ2v) is 9.03. The third kappa shape index (κ3) is 5.07. The number of aromatic nitrogens is 2. The predicted octanol–water partition coefficient (Wildman–Crippen LogP) is 3.04. The van der Waals surface area contributed by atoms with Gasteiger partial charge >= 0.3 is 0 Å². The molecule has 158 valence electrons. The molecule has 0 bridgehead atoms. The lowest BCUT2D eigenvalue weighted by molar-refractivity contribution is -0.122. The lowest BCUT2D eigenvalue weighted by Gasteiger charge is -2.30. The molecular weight excluding hydrogens is 400 g/mol. The van der Waals surface area contributed by atoms with Gasteiger partial charge < -0.3 is 9.88 Å². The summed E-state index contributed by atoms with van der Waals surface area (Å²) in [4.78, 5) is 16.9. The van der Waals surface area contributed by atoms with Crippen LogP contribution in [-0.4, -0.2) is 36.2 Å². The molecule has 1 N–H and O–H groups in total. The van der Waals surface area contributed by atoms with Crippen molar-refractivity contribution < 1.29 is 13.2 Å². The van der Waals surface area contributed by atoms with Crippen molar-refractivity contribution in [1.82, 2.24) is 14.9 Å². The zero-order valence-electron chi connectivity index (χ0n) is 17.3. The molecule has 0 aliphatic carbocycles. The second kappa shape index (κ2) is 9.13. The van der Waals surface area contributed by atoms with E-state index in [2.05, 4.69) is 10.3 Å². The van der Waals surface area contributed by atoms with Crippen LogP contribution in [-0.2, 0) is 21.4 Å². The van der Waals surface area contributed by atoms with Gasteiger partial charge in [-0.1, -0.05) is 36.8 Å². The molecule has 0 fully saturated rings. The smallest absolute Gasteiger partial charge is 0.244 e. The van der Waals surface area contributed by atoms with Crippen molar-refractivity contribution in [3.63, 3.8) is 0 Å². The number of amides is 1. The van der Waals surface area contributed by atoms with Crippen LogP contribution < -0.4 is 9.62 Å². The first-order valence-corrected chi connectivity index (χ1v) is 11.6. The Balaban J connectivity index is 1.73. The van der Waals surface area contributed by atoms with Crippen molar-refractivity contribution >= 4 is 21.6 Å². The maximum atomic E-state index is 12.9. The fourth-order valence-corrected chi connectivity index (χ4v) is 4.47. The Morgan fingerprint density at radius 1 is 1.13 bits per heavy atom. The topological polar surface area (TPSA) is 84.3 Å². The van der Waals surface area contributed by atoms with Gasteiger partial charge in [0, 0.05) is 24.6 Å². The Morgan fingerprint density at radius 3 is 2.33 bits per heavy atom. The minimum absolute atomic E-state index is 0.311. The molecule has 0 saturated heterocycles. The number of rotatable bonds is 8. The highest BCUT2D eigenvalue weighted by Gasteiger charge is 2.31. The van der Waals surface area contributed by atoms with E-state index < -0.39 is 16.1 Å². The molecule has 0 unspecified atom stereocenters. The number of hydrogen-bond donors (Lipinski definition) is 1. The number of nitrogens with one attached hydrogen (secondary N) is 1. The van der Waals surface area contributed by atoms with E-state index in [0.717, 1.165) is 23.1 Å². The summed E-state index contributed by atoms with van der Waals surface area (Å²) in [5, 5.41) is 2.87. The van der Waals surface area contributed by atoms with Gasteiger partial charge in [0.25, 0.3) is 0 Å². The highest BCUT2D eigenvalue weighted by atomic mass is 32.2. The fourth-order valence-electron chi connectivity index (χ4n) is 3.26. The third-order valence-corrected chi connectivity index (χ3v) is 6.00. The quantitative estimate of drug-likeness (QED) is 0.600. The zero-order valence-corrected chi connectivity index (χ0v) is 18.1. The van der Waals surface area contributed by atoms with E-state index in [-0.39, 0.29) is 5.91 Å². The monoisotopic (exact) mass is 426 g/mol. The van der Waals surface area contributed by atoms with E-state index in [9.17, 15) is 13.2 Å². The van der Waals surface area contributed by atoms with Gasteiger partial charge in [-0.25, -0.2) is 13.4 Å². The minimum Gasteiger partial charge on any atom is -0.350 e. The number of anilines is 1. The number of carbonyl (C=O) groups is 1. The molecule has 30 heavy (non-hydrogen) atoms. The number of carbonyl (C=O) groups excluding carboxylic acids is 1. The van der Waals surface area contributed by atoms with Gasteiger partial charge in [0.15, 0.2) is 0 Å². The van der Waals surface area contributed by atoms with Gasteiger partial charge in [-0.05, 0) is 43.2 Å². The molecule has 3 aromatic rings. The number of benzene rings is 2. The average Bonchev–Trinajstić information content (AvgIpc) is 3.25. The molecule has 2 aromatic carbocycles. The van der Waals surface area contributed by atoms with Crippen LogP contribution in [0, 0.1) is 6.92 Å². The molecule has 3 rings (SSSR count). The lowest BCUT2D eigenvalue weighted by atomic mass is 10.1. The van der Waals surface area contributed by atoms with Crippen LogP contribution in [0.1, 0.15) is 24.5 Å². The molecule has 0 spiro atoms. The van der Waals surface area contributed by atoms with Gasteiger partial charge in [-0.2, -0.15) is 0 Å². The van der Waals surface area contributed by atoms with Gasteiger partial charge in [0.2, 0.25) is 15.9 Å². The second-order valence-electron chi connectivity index (χ2n) is 7.17. The number of hydrogen-bond acceptors (Lipinski definition) is 4. The summed E-state index contributed by atoms with van der Waals surface area (Å²) < 4.78 is 28.1. The molecule has 0 aliphatic heterocycles. The molecule has 1 heterocycles. The highest BCUT2D eigenvalue weighted by Crippen LogP contribution is 2.23. The molecule has 1 amide bonds. The Kier molecular flexibility index (Phi) is 6.56. The molecule has 7 nitrogen and oxygen atoms in total. The maximum absolute atomic E-state index is 12.9. The van der Waals surface area contributed by atoms with Crippen LogP contribution in [0.4, 0.5) is 5.69 Å². The van der Waals surface area contributed by atoms with E-state index >= 15 is 0 Å². The van der Waals surface area contributed by atoms with Gasteiger partial charge in [0.1, 0.15) is 6.04 Å². The van der Waals surface area contributed by atoms with E-state index in [1.54, 1.807) is 31.6 Å². The van der Waals surface area contributed by atoms with Crippen molar-refractivity contribution in [1.29, 1.82) is 0 Å². The molecule has 0 radical (unpaired) electrons. The van der Waals surface area contributed by atoms with Crippen LogP contribution in [0.25, 0.3) is 5.69 Å². The van der Waals surface area contributed by atoms with Crippen molar-refractivity contribution in [3.05, 3.63) is 78.4 Å². The van der Waals surface area contributed by atoms with E-state index in [4.69, 9.17) is 0 Å². The lowest BCUT2D eigenvalue weighted by Crippen LogP contribution is -2.49. The summed E-state index contributed by atoms with van der Waals surface area (Å²) in [6.07, 6.45) is 6.76. The highest BCUT2D eigenvalue weighted by molar-refractivity contribution is 7.92. The predicted molar refractivity (Wildman–Crippen MR) is 118 cm³/mol. The number of nitrogens with zero attached hydrogens (tertiary/aromatic N) is 3. The number of imidazole rings is 1. The van der Waals surface area contributed by atoms with Crippen LogP contribution in [0.2, 0.25) is 0 Å². The zero-order chi connectivity index (χ0) is 21.7. The summed E-state index contributed by atoms with van der Waals surface area (Å²) in [6.45, 7) is 4.04. The summed E-state index contributed by atoms with van der Waals surface area (Å²) >= 11 is 0. The Morgan fingerprint density at radius 2 is 1.80 bits per heavy atom. The summed E-state index contributed by atoms with van der Waals surface area (Å²) in [7, 11) is -3.64. The van der Waals surface area contributed by atoms with E-state index in [1.165, 1.54) is 4.31 Å². The Hall–Kier alpha value is -3.13. The van der Waals surface area contributed by atoms with E-state index in [1.807, 2.05) is 54.1 Å². The molecule has 1 aromatic heterocycles. The molecule has 0 aliphatic rings. The van der Waals surface area contributed by atoms with Crippen LogP contribution in [0.3, 0.4) is 0 Å². The molecule has 1 atom stereocenters. The molecular formula is C22H26N4O3S. The third-order valence-electron chi connectivity index (χ3n) is 4.82. The van der Waals surface area contributed by atoms with E-state index in [0.29, 0.717) is 18.7 Å². The first-order chi connectivity index (χ1) is 14.3. The SMILES string of the molecule is CC[C@H](C(=O)NCc1ccc(-n2ccnc2)cc1)N(c1ccc(C)cc1)S(C)(=O)=O. The summed E-state index contributed by atoms with van der Waals surface area (Å²) in [5.41, 5.74) is 3.39. The first-order valence-electron chi connectivity index (χ1n) is 9.70. The van der Waals surface area contributed by atoms with Crippen molar-refractivity contribution in [3.8, 4) is 5.69 Å². The minimum atomic E-state index is -3.64. The van der Waals surface area contributed by atoms with Crippen LogP contribution in [0.5, 0.6) is 0 Å². The standard InChI is InChI=1S/C22H26N4O3S/c1-4-21(26(30(3,28)29)20-9-5-17(2)6-10-20)22(27)24-15-18-7-11-19(12-8-18)25-14-13-23-16-25/h5-14,16,21H,4,15H2,1-3H3,(H,24,27)/t21-/m1/s1. The number of sulfonamides is 1. The Labute approximate surface area is 177 Å². The van der Waals surface area contributed by atoms with Crippen molar-refractivity contribution in [2.24, 2.45) is 0 Å². The Bertz CT molecular complexity index is 1080. The van der Waals surface area contributed by atoms with Gasteiger partial charge in [-0.15, -0.1) is 0 Å². The first kappa shape index (κ1) is 21.6. The van der Waals surface area contributed by atoms with Crippen LogP contribution >= 0.6 is 0 Å². The van der Waals surface area contributed by atoms with Gasteiger partial charge in [-0.3, -0.25) is 9.10 Å². The van der Waals surface area contributed by atoms with Gasteiger partial charge in [0.05, 0.1) is 18.3 Å². The fraction of sp³-hybridized carbons (Fsp3) is 0.273.